The van der Waals surface area contributed by atoms with Crippen LogP contribution in [-0.4, -0.2) is 24.8 Å². The lowest BCUT2D eigenvalue weighted by atomic mass is 10.0. The average Bonchev–Trinajstić information content (AvgIpc) is 2.29. The Morgan fingerprint density at radius 2 is 2.38 bits per heavy atom. The van der Waals surface area contributed by atoms with Gasteiger partial charge in [0, 0.05) is 5.56 Å². The lowest BCUT2D eigenvalue weighted by Gasteiger charge is -2.21. The van der Waals surface area contributed by atoms with Crippen molar-refractivity contribution < 1.29 is 14.7 Å². The second kappa shape index (κ2) is 4.37. The van der Waals surface area contributed by atoms with E-state index in [1.165, 1.54) is 12.2 Å². The summed E-state index contributed by atoms with van der Waals surface area (Å²) in [6.45, 7) is 0.489. The van der Waals surface area contributed by atoms with Gasteiger partial charge in [0.15, 0.2) is 0 Å². The normalized spacial score (nSPS) is 13.5. The first-order valence-electron chi connectivity index (χ1n) is 5.03. The molecule has 0 amide bonds. The Morgan fingerprint density at radius 1 is 1.56 bits per heavy atom. The summed E-state index contributed by atoms with van der Waals surface area (Å²) in [6.07, 6.45) is 4.05. The van der Waals surface area contributed by atoms with E-state index in [9.17, 15) is 10.0 Å². The number of fused-ring (bicyclic) bond motifs is 1. The number of nitrogens with zero attached hydrogens (tertiary/aromatic N) is 1. The van der Waals surface area contributed by atoms with Crippen molar-refractivity contribution in [2.75, 3.05) is 18.7 Å². The minimum absolute atomic E-state index is 0.253. The molecule has 0 saturated heterocycles. The molecule has 1 N–H and O–H groups in total. The molecule has 1 heterocycles. The fraction of sp³-hybridized carbons (Fsp3) is 0.250. The third kappa shape index (κ3) is 2.06. The molecule has 0 unspecified atom stereocenters. The van der Waals surface area contributed by atoms with E-state index in [2.05, 4.69) is 4.74 Å². The Hall–Kier alpha value is -1.81. The highest BCUT2D eigenvalue weighted by atomic mass is 16.5. The van der Waals surface area contributed by atoms with E-state index >= 15 is 0 Å². The fourth-order valence-corrected chi connectivity index (χ4v) is 1.70. The highest BCUT2D eigenvalue weighted by molar-refractivity contribution is 5.75. The van der Waals surface area contributed by atoms with E-state index in [4.69, 9.17) is 0 Å². The molecule has 0 aliphatic carbocycles. The maximum Gasteiger partial charge on any atom is 0.309 e. The molecular weight excluding hydrogens is 206 g/mol. The number of ether oxygens (including phenoxy) is 1. The highest BCUT2D eigenvalue weighted by Gasteiger charge is 2.12. The fourth-order valence-electron chi connectivity index (χ4n) is 1.70. The largest absolute Gasteiger partial charge is 0.469 e. The van der Waals surface area contributed by atoms with E-state index in [-0.39, 0.29) is 12.4 Å². The van der Waals surface area contributed by atoms with Crippen LogP contribution in [0.3, 0.4) is 0 Å². The molecule has 0 radical (unpaired) electrons. The summed E-state index contributed by atoms with van der Waals surface area (Å²) in [7, 11) is 1.37. The first-order chi connectivity index (χ1) is 7.70. The van der Waals surface area contributed by atoms with E-state index in [1.807, 2.05) is 24.3 Å². The Morgan fingerprint density at radius 3 is 3.12 bits per heavy atom. The van der Waals surface area contributed by atoms with Gasteiger partial charge in [0.2, 0.25) is 0 Å². The van der Waals surface area contributed by atoms with Crippen molar-refractivity contribution in [1.29, 1.82) is 0 Å². The van der Waals surface area contributed by atoms with E-state index in [0.29, 0.717) is 6.54 Å². The lowest BCUT2D eigenvalue weighted by molar-refractivity contribution is -0.139. The van der Waals surface area contributed by atoms with Gasteiger partial charge in [0.05, 0.1) is 25.8 Å². The van der Waals surface area contributed by atoms with Crippen molar-refractivity contribution >= 4 is 17.7 Å². The Labute approximate surface area is 93.7 Å². The summed E-state index contributed by atoms with van der Waals surface area (Å²) < 4.78 is 4.60. The number of hydrogen-bond acceptors (Lipinski definition) is 4. The quantitative estimate of drug-likeness (QED) is 0.768. The van der Waals surface area contributed by atoms with Crippen LogP contribution < -0.4 is 5.06 Å². The number of rotatable bonds is 2. The zero-order chi connectivity index (χ0) is 11.5. The molecule has 1 aromatic carbocycles. The molecule has 84 valence electrons. The number of carbonyl (C=O) groups is 1. The second-order valence-corrected chi connectivity index (χ2v) is 3.63. The molecule has 0 saturated carbocycles. The number of esters is 1. The lowest BCUT2D eigenvalue weighted by Crippen LogP contribution is -2.21. The minimum atomic E-state index is -0.263. The zero-order valence-electron chi connectivity index (χ0n) is 9.01. The molecule has 16 heavy (non-hydrogen) atoms. The molecule has 1 aromatic rings. The zero-order valence-corrected chi connectivity index (χ0v) is 9.01. The monoisotopic (exact) mass is 219 g/mol. The summed E-state index contributed by atoms with van der Waals surface area (Å²) in [5.74, 6) is -0.263. The van der Waals surface area contributed by atoms with Gasteiger partial charge in [-0.05, 0) is 17.7 Å². The molecule has 4 nitrogen and oxygen atoms in total. The summed E-state index contributed by atoms with van der Waals surface area (Å²) in [5.41, 5.74) is 2.55. The SMILES string of the molecule is COC(=O)Cc1ccc2c(c1)C=CCN2O. The van der Waals surface area contributed by atoms with Crippen molar-refractivity contribution in [2.24, 2.45) is 0 Å². The highest BCUT2D eigenvalue weighted by Crippen LogP contribution is 2.25. The third-order valence-corrected chi connectivity index (χ3v) is 2.52. The number of methoxy groups -OCH3 is 1. The van der Waals surface area contributed by atoms with Gasteiger partial charge in [-0.1, -0.05) is 18.2 Å². The summed E-state index contributed by atoms with van der Waals surface area (Å²) in [4.78, 5) is 11.1. The average molecular weight is 219 g/mol. The Bertz CT molecular complexity index is 440. The molecular formula is C12H13NO3. The molecule has 0 atom stereocenters. The number of hydroxylamine groups is 1. The van der Waals surface area contributed by atoms with Crippen molar-refractivity contribution in [3.8, 4) is 0 Å². The van der Waals surface area contributed by atoms with Gasteiger partial charge in [0.1, 0.15) is 0 Å². The maximum absolute atomic E-state index is 11.1. The van der Waals surface area contributed by atoms with Crippen molar-refractivity contribution in [1.82, 2.24) is 0 Å². The molecule has 1 aliphatic rings. The topological polar surface area (TPSA) is 49.8 Å². The number of anilines is 1. The van der Waals surface area contributed by atoms with Gasteiger partial charge in [-0.15, -0.1) is 0 Å². The van der Waals surface area contributed by atoms with Crippen LogP contribution in [0.5, 0.6) is 0 Å². The van der Waals surface area contributed by atoms with Crippen LogP contribution in [0, 0.1) is 0 Å². The summed E-state index contributed by atoms with van der Waals surface area (Å²) >= 11 is 0. The van der Waals surface area contributed by atoms with Crippen LogP contribution in [0.2, 0.25) is 0 Å². The van der Waals surface area contributed by atoms with Gasteiger partial charge >= 0.3 is 5.97 Å². The Balaban J connectivity index is 2.26. The smallest absolute Gasteiger partial charge is 0.309 e. The van der Waals surface area contributed by atoms with Gasteiger partial charge in [-0.3, -0.25) is 15.1 Å². The number of benzene rings is 1. The molecule has 2 rings (SSSR count). The van der Waals surface area contributed by atoms with Crippen LogP contribution in [-0.2, 0) is 16.0 Å². The van der Waals surface area contributed by atoms with Crippen molar-refractivity contribution in [2.45, 2.75) is 6.42 Å². The van der Waals surface area contributed by atoms with Gasteiger partial charge in [-0.2, -0.15) is 0 Å². The summed E-state index contributed by atoms with van der Waals surface area (Å²) in [5, 5.41) is 10.7. The van der Waals surface area contributed by atoms with E-state index < -0.39 is 0 Å². The molecule has 4 heteroatoms. The maximum atomic E-state index is 11.1. The Kier molecular flexibility index (Phi) is 2.92. The standard InChI is InChI=1S/C12H13NO3/c1-16-12(14)8-9-4-5-11-10(7-9)3-2-6-13(11)15/h2-5,7,15H,6,8H2,1H3. The number of carbonyl (C=O) groups excluding carboxylic acids is 1. The van der Waals surface area contributed by atoms with Gasteiger partial charge < -0.3 is 4.74 Å². The summed E-state index contributed by atoms with van der Waals surface area (Å²) in [6, 6.07) is 5.50. The minimum Gasteiger partial charge on any atom is -0.469 e. The first kappa shape index (κ1) is 10.7. The molecule has 0 bridgehead atoms. The van der Waals surface area contributed by atoms with Gasteiger partial charge in [0.25, 0.3) is 0 Å². The predicted molar refractivity (Wildman–Crippen MR) is 60.3 cm³/mol. The predicted octanol–water partition coefficient (Wildman–Crippen LogP) is 1.62. The molecule has 1 aliphatic heterocycles. The van der Waals surface area contributed by atoms with E-state index in [0.717, 1.165) is 16.8 Å². The van der Waals surface area contributed by atoms with Crippen molar-refractivity contribution in [3.05, 3.63) is 35.4 Å². The van der Waals surface area contributed by atoms with Crippen LogP contribution in [0.25, 0.3) is 6.08 Å². The van der Waals surface area contributed by atoms with Crippen molar-refractivity contribution in [3.63, 3.8) is 0 Å². The third-order valence-electron chi connectivity index (χ3n) is 2.52. The van der Waals surface area contributed by atoms with Crippen LogP contribution in [0.4, 0.5) is 5.69 Å². The van der Waals surface area contributed by atoms with E-state index in [1.54, 1.807) is 6.07 Å². The first-order valence-corrected chi connectivity index (χ1v) is 5.03. The van der Waals surface area contributed by atoms with Gasteiger partial charge in [-0.25, -0.2) is 0 Å². The molecule has 0 aromatic heterocycles. The molecule has 0 fully saturated rings. The van der Waals surface area contributed by atoms with Crippen LogP contribution in [0.15, 0.2) is 24.3 Å². The van der Waals surface area contributed by atoms with Crippen LogP contribution in [0.1, 0.15) is 11.1 Å². The van der Waals surface area contributed by atoms with Crippen LogP contribution >= 0.6 is 0 Å². The number of hydrogen-bond donors (Lipinski definition) is 1. The second-order valence-electron chi connectivity index (χ2n) is 3.63. The molecule has 0 spiro atoms.